The maximum atomic E-state index is 9.86. The van der Waals surface area contributed by atoms with E-state index in [4.69, 9.17) is 23.7 Å². The van der Waals surface area contributed by atoms with Crippen molar-refractivity contribution in [3.63, 3.8) is 0 Å². The van der Waals surface area contributed by atoms with Gasteiger partial charge in [0.1, 0.15) is 13.6 Å². The van der Waals surface area contributed by atoms with Crippen molar-refractivity contribution in [3.05, 3.63) is 71.8 Å². The zero-order valence-electron chi connectivity index (χ0n) is 17.1. The molecule has 1 unspecified atom stereocenters. The van der Waals surface area contributed by atoms with Crippen molar-refractivity contribution < 1.29 is 28.8 Å². The van der Waals surface area contributed by atoms with Gasteiger partial charge in [-0.15, -0.1) is 0 Å². The Morgan fingerprint density at radius 3 is 2.10 bits per heavy atom. The first kappa shape index (κ1) is 21.4. The van der Waals surface area contributed by atoms with Crippen molar-refractivity contribution in [1.82, 2.24) is 0 Å². The molecule has 0 radical (unpaired) electrons. The number of fused-ring (bicyclic) bond motifs is 1. The van der Waals surface area contributed by atoms with Crippen molar-refractivity contribution in [2.24, 2.45) is 11.8 Å². The van der Waals surface area contributed by atoms with Crippen LogP contribution in [0.15, 0.2) is 60.7 Å². The number of aliphatic hydroxyl groups excluding tert-OH is 1. The Morgan fingerprint density at radius 2 is 1.43 bits per heavy atom. The molecule has 6 heteroatoms. The van der Waals surface area contributed by atoms with Crippen LogP contribution >= 0.6 is 0 Å². The highest BCUT2D eigenvalue weighted by Gasteiger charge is 2.49. The molecule has 1 aliphatic heterocycles. The molecule has 0 amide bonds. The highest BCUT2D eigenvalue weighted by molar-refractivity contribution is 5.14. The molecule has 2 fully saturated rings. The summed E-state index contributed by atoms with van der Waals surface area (Å²) in [4.78, 5) is 0. The number of benzene rings is 2. The Kier molecular flexibility index (Phi) is 7.86. The Morgan fingerprint density at radius 1 is 0.800 bits per heavy atom. The summed E-state index contributed by atoms with van der Waals surface area (Å²) in [6.07, 6.45) is 0.673. The van der Waals surface area contributed by atoms with Crippen LogP contribution in [0.1, 0.15) is 24.0 Å². The van der Waals surface area contributed by atoms with Gasteiger partial charge in [0.2, 0.25) is 0 Å². The van der Waals surface area contributed by atoms with Crippen LogP contribution < -0.4 is 0 Å². The molecule has 1 N–H and O–H groups in total. The summed E-state index contributed by atoms with van der Waals surface area (Å²) < 4.78 is 28.8. The number of hydrogen-bond acceptors (Lipinski definition) is 6. The minimum absolute atomic E-state index is 0.0120. The predicted octanol–water partition coefficient (Wildman–Crippen LogP) is 3.48. The van der Waals surface area contributed by atoms with Gasteiger partial charge in [0.25, 0.3) is 0 Å². The van der Waals surface area contributed by atoms with Gasteiger partial charge in [0, 0.05) is 18.8 Å². The van der Waals surface area contributed by atoms with Gasteiger partial charge in [-0.2, -0.15) is 0 Å². The maximum absolute atomic E-state index is 9.86. The number of rotatable bonds is 11. The average Bonchev–Trinajstić information content (AvgIpc) is 3.28. The molecule has 1 aliphatic carbocycles. The summed E-state index contributed by atoms with van der Waals surface area (Å²) >= 11 is 0. The Bertz CT molecular complexity index is 740. The molecule has 2 aromatic carbocycles. The zero-order valence-corrected chi connectivity index (χ0v) is 17.1. The van der Waals surface area contributed by atoms with Crippen LogP contribution in [0.3, 0.4) is 0 Å². The fourth-order valence-electron chi connectivity index (χ4n) is 4.37. The van der Waals surface area contributed by atoms with E-state index in [-0.39, 0.29) is 37.6 Å². The van der Waals surface area contributed by atoms with Gasteiger partial charge in [-0.05, 0) is 17.0 Å². The Hall–Kier alpha value is -1.80. The lowest BCUT2D eigenvalue weighted by atomic mass is 9.93. The minimum atomic E-state index is -0.688. The molecule has 5 atom stereocenters. The van der Waals surface area contributed by atoms with Gasteiger partial charge in [0.05, 0.1) is 32.0 Å². The molecule has 2 aromatic rings. The normalized spacial score (nSPS) is 28.0. The second kappa shape index (κ2) is 11.0. The molecule has 4 rings (SSSR count). The second-order valence-corrected chi connectivity index (χ2v) is 7.91. The third kappa shape index (κ3) is 5.88. The van der Waals surface area contributed by atoms with Gasteiger partial charge < -0.3 is 28.8 Å². The van der Waals surface area contributed by atoms with Gasteiger partial charge in [-0.3, -0.25) is 0 Å². The van der Waals surface area contributed by atoms with Crippen LogP contribution in [0.25, 0.3) is 0 Å². The van der Waals surface area contributed by atoms with E-state index in [1.165, 1.54) is 0 Å². The monoisotopic (exact) mass is 414 g/mol. The van der Waals surface area contributed by atoms with Crippen LogP contribution in [-0.2, 0) is 36.9 Å². The van der Waals surface area contributed by atoms with E-state index >= 15 is 0 Å². The highest BCUT2D eigenvalue weighted by Crippen LogP contribution is 2.44. The second-order valence-electron chi connectivity index (χ2n) is 7.91. The smallest absolute Gasteiger partial charge is 0.155 e. The standard InChI is InChI=1S/C24H30O6/c25-24-11-20-21(15-28-16-26-13-18-7-3-1-4-8-18)22(12-23(20)30-24)29-17-27-14-19-9-5-2-6-10-19/h1-10,20-25H,11-17H2/t20-,21-,22-,23+,24?/m0/s1. The molecule has 2 aliphatic rings. The van der Waals surface area contributed by atoms with Crippen LogP contribution in [0.5, 0.6) is 0 Å². The van der Waals surface area contributed by atoms with Crippen LogP contribution in [0.4, 0.5) is 0 Å². The SMILES string of the molecule is OC1C[C@H]2[C@H](COCOCc3ccccc3)[C@@H](OCOCc3ccccc3)C[C@H]2O1. The van der Waals surface area contributed by atoms with E-state index in [9.17, 15) is 5.11 Å². The summed E-state index contributed by atoms with van der Waals surface area (Å²) in [5.74, 6) is 0.376. The highest BCUT2D eigenvalue weighted by atomic mass is 16.7. The number of aliphatic hydroxyl groups is 1. The number of hydrogen-bond donors (Lipinski definition) is 1. The van der Waals surface area contributed by atoms with E-state index in [0.717, 1.165) is 17.5 Å². The molecule has 1 saturated heterocycles. The molecule has 162 valence electrons. The fourth-order valence-corrected chi connectivity index (χ4v) is 4.37. The molecule has 6 nitrogen and oxygen atoms in total. The summed E-state index contributed by atoms with van der Waals surface area (Å²) in [5, 5.41) is 9.86. The molecule has 0 spiro atoms. The van der Waals surface area contributed by atoms with Crippen LogP contribution in [0.2, 0.25) is 0 Å². The Balaban J connectivity index is 1.20. The molecule has 0 bridgehead atoms. The largest absolute Gasteiger partial charge is 0.368 e. The van der Waals surface area contributed by atoms with Crippen LogP contribution in [-0.4, -0.2) is 43.8 Å². The lowest BCUT2D eigenvalue weighted by Crippen LogP contribution is -2.29. The summed E-state index contributed by atoms with van der Waals surface area (Å²) in [6.45, 7) is 2.00. The predicted molar refractivity (Wildman–Crippen MR) is 110 cm³/mol. The lowest BCUT2D eigenvalue weighted by Gasteiger charge is -2.24. The third-order valence-corrected chi connectivity index (χ3v) is 5.84. The quantitative estimate of drug-likeness (QED) is 0.449. The number of ether oxygens (including phenoxy) is 5. The van der Waals surface area contributed by atoms with Gasteiger partial charge >= 0.3 is 0 Å². The average molecular weight is 414 g/mol. The van der Waals surface area contributed by atoms with Crippen molar-refractivity contribution >= 4 is 0 Å². The Labute approximate surface area is 177 Å². The minimum Gasteiger partial charge on any atom is -0.368 e. The van der Waals surface area contributed by atoms with E-state index in [1.54, 1.807) is 0 Å². The van der Waals surface area contributed by atoms with Crippen LogP contribution in [0, 0.1) is 11.8 Å². The van der Waals surface area contributed by atoms with E-state index < -0.39 is 6.29 Å². The van der Waals surface area contributed by atoms with Gasteiger partial charge in [-0.1, -0.05) is 60.7 Å². The molecular formula is C24H30O6. The van der Waals surface area contributed by atoms with Crippen molar-refractivity contribution in [2.75, 3.05) is 20.2 Å². The summed E-state index contributed by atoms with van der Waals surface area (Å²) in [7, 11) is 0. The summed E-state index contributed by atoms with van der Waals surface area (Å²) in [6, 6.07) is 20.1. The van der Waals surface area contributed by atoms with Crippen molar-refractivity contribution in [1.29, 1.82) is 0 Å². The van der Waals surface area contributed by atoms with E-state index in [0.29, 0.717) is 26.2 Å². The van der Waals surface area contributed by atoms with Crippen molar-refractivity contribution in [2.45, 2.75) is 44.6 Å². The van der Waals surface area contributed by atoms with Gasteiger partial charge in [-0.25, -0.2) is 0 Å². The first-order chi connectivity index (χ1) is 14.8. The third-order valence-electron chi connectivity index (χ3n) is 5.84. The lowest BCUT2D eigenvalue weighted by molar-refractivity contribution is -0.138. The first-order valence-electron chi connectivity index (χ1n) is 10.6. The molecule has 0 aromatic heterocycles. The zero-order chi connectivity index (χ0) is 20.6. The summed E-state index contributed by atoms with van der Waals surface area (Å²) in [5.41, 5.74) is 2.23. The molecule has 30 heavy (non-hydrogen) atoms. The first-order valence-corrected chi connectivity index (χ1v) is 10.6. The van der Waals surface area contributed by atoms with Gasteiger partial charge in [0.15, 0.2) is 6.29 Å². The fraction of sp³-hybridized carbons (Fsp3) is 0.500. The van der Waals surface area contributed by atoms with Crippen molar-refractivity contribution in [3.8, 4) is 0 Å². The molecule has 1 saturated carbocycles. The molecule has 1 heterocycles. The topological polar surface area (TPSA) is 66.4 Å². The maximum Gasteiger partial charge on any atom is 0.155 e. The molecular weight excluding hydrogens is 384 g/mol. The van der Waals surface area contributed by atoms with E-state index in [2.05, 4.69) is 0 Å². The van der Waals surface area contributed by atoms with E-state index in [1.807, 2.05) is 60.7 Å².